The predicted molar refractivity (Wildman–Crippen MR) is 95.8 cm³/mol. The van der Waals surface area contributed by atoms with E-state index in [1.54, 1.807) is 24.2 Å². The number of nitrogens with two attached hydrogens (primary N) is 1. The van der Waals surface area contributed by atoms with Gasteiger partial charge in [0.25, 0.3) is 5.91 Å². The Hall–Kier alpha value is -2.69. The van der Waals surface area contributed by atoms with Crippen molar-refractivity contribution in [2.75, 3.05) is 12.0 Å². The Morgan fingerprint density at radius 3 is 2.00 bits per heavy atom. The molecule has 1 aliphatic carbocycles. The van der Waals surface area contributed by atoms with Crippen LogP contribution in [0.1, 0.15) is 6.42 Å². The fraction of sp³-hybridized carbons (Fsp3) is 0.150. The first-order valence-electron chi connectivity index (χ1n) is 7.81. The van der Waals surface area contributed by atoms with Crippen molar-refractivity contribution >= 4 is 17.3 Å². The van der Waals surface area contributed by atoms with Gasteiger partial charge < -0.3 is 4.74 Å². The molecule has 0 heterocycles. The highest BCUT2D eigenvalue weighted by molar-refractivity contribution is 6.12. The summed E-state index contributed by atoms with van der Waals surface area (Å²) >= 11 is 0. The molecule has 4 nitrogen and oxygen atoms in total. The third-order valence-corrected chi connectivity index (χ3v) is 4.04. The lowest BCUT2D eigenvalue weighted by Crippen LogP contribution is -2.41. The van der Waals surface area contributed by atoms with Crippen molar-refractivity contribution in [3.05, 3.63) is 84.5 Å². The number of nitrogens with zero attached hydrogens (tertiary/aromatic N) is 1. The minimum atomic E-state index is -0.839. The summed E-state index contributed by atoms with van der Waals surface area (Å²) in [7, 11) is 1.56. The lowest BCUT2D eigenvalue weighted by molar-refractivity contribution is -0.114. The van der Waals surface area contributed by atoms with E-state index in [4.69, 9.17) is 10.5 Å². The summed E-state index contributed by atoms with van der Waals surface area (Å²) in [5.74, 6) is -0.0956. The van der Waals surface area contributed by atoms with E-state index in [9.17, 15) is 4.79 Å². The van der Waals surface area contributed by atoms with Gasteiger partial charge in [0.2, 0.25) is 0 Å². The number of carbonyl (C=O) groups excluding carboxylic acids is 1. The van der Waals surface area contributed by atoms with Crippen LogP contribution in [-0.2, 0) is 9.53 Å². The van der Waals surface area contributed by atoms with E-state index in [0.717, 1.165) is 11.4 Å². The molecular formula is C20H20N2O2. The number of benzene rings is 2. The molecule has 2 aromatic carbocycles. The molecule has 0 aliphatic heterocycles. The Labute approximate surface area is 141 Å². The van der Waals surface area contributed by atoms with Crippen molar-refractivity contribution < 1.29 is 9.53 Å². The van der Waals surface area contributed by atoms with Gasteiger partial charge in [-0.15, -0.1) is 0 Å². The second-order valence-corrected chi connectivity index (χ2v) is 5.67. The molecule has 0 fully saturated rings. The molecule has 4 heteroatoms. The van der Waals surface area contributed by atoms with Crippen LogP contribution >= 0.6 is 0 Å². The molecule has 0 spiro atoms. The molecule has 1 amide bonds. The Kier molecular flexibility index (Phi) is 4.60. The van der Waals surface area contributed by atoms with Crippen molar-refractivity contribution in [3.63, 3.8) is 0 Å². The van der Waals surface area contributed by atoms with Gasteiger partial charge in [-0.25, -0.2) is 0 Å². The Bertz CT molecular complexity index is 729. The molecule has 122 valence electrons. The maximum atomic E-state index is 13.1. The zero-order chi connectivity index (χ0) is 17.0. The van der Waals surface area contributed by atoms with Crippen LogP contribution in [0.15, 0.2) is 84.5 Å². The lowest BCUT2D eigenvalue weighted by atomic mass is 9.99. The number of ether oxygens (including phenoxy) is 1. The summed E-state index contributed by atoms with van der Waals surface area (Å²) in [6.45, 7) is 0. The number of para-hydroxylation sites is 2. The van der Waals surface area contributed by atoms with Crippen molar-refractivity contribution in [2.45, 2.75) is 12.1 Å². The molecule has 1 unspecified atom stereocenters. The maximum absolute atomic E-state index is 13.1. The van der Waals surface area contributed by atoms with Gasteiger partial charge in [-0.05, 0) is 36.4 Å². The number of amides is 1. The van der Waals surface area contributed by atoms with E-state index in [1.165, 1.54) is 0 Å². The normalized spacial score (nSPS) is 19.7. The molecule has 0 radical (unpaired) electrons. The zero-order valence-corrected chi connectivity index (χ0v) is 13.6. The largest absolute Gasteiger partial charge is 0.360 e. The zero-order valence-electron chi connectivity index (χ0n) is 13.6. The van der Waals surface area contributed by atoms with Crippen LogP contribution in [0.5, 0.6) is 0 Å². The minimum Gasteiger partial charge on any atom is -0.360 e. The number of rotatable bonds is 4. The van der Waals surface area contributed by atoms with Crippen LogP contribution in [0.4, 0.5) is 11.4 Å². The molecule has 3 rings (SSSR count). The van der Waals surface area contributed by atoms with Crippen LogP contribution in [0.2, 0.25) is 0 Å². The smallest absolute Gasteiger partial charge is 0.262 e. The quantitative estimate of drug-likeness (QED) is 0.877. The first-order chi connectivity index (χ1) is 11.6. The fourth-order valence-electron chi connectivity index (χ4n) is 2.61. The van der Waals surface area contributed by atoms with E-state index >= 15 is 0 Å². The summed E-state index contributed by atoms with van der Waals surface area (Å²) in [4.78, 5) is 14.8. The summed E-state index contributed by atoms with van der Waals surface area (Å²) < 4.78 is 5.26. The van der Waals surface area contributed by atoms with Gasteiger partial charge in [-0.3, -0.25) is 15.4 Å². The van der Waals surface area contributed by atoms with Crippen molar-refractivity contribution in [1.29, 1.82) is 0 Å². The molecule has 24 heavy (non-hydrogen) atoms. The third kappa shape index (κ3) is 3.30. The third-order valence-electron chi connectivity index (χ3n) is 4.04. The maximum Gasteiger partial charge on any atom is 0.262 e. The Morgan fingerprint density at radius 1 is 1.04 bits per heavy atom. The first kappa shape index (κ1) is 16.2. The second-order valence-electron chi connectivity index (χ2n) is 5.67. The number of carbonyl (C=O) groups is 1. The number of hydrogen-bond donors (Lipinski definition) is 1. The summed E-state index contributed by atoms with van der Waals surface area (Å²) in [5.41, 5.74) is 7.44. The number of methoxy groups -OCH3 is 1. The molecule has 2 N–H and O–H groups in total. The Morgan fingerprint density at radius 2 is 1.58 bits per heavy atom. The SMILES string of the molecule is COC1(N)C=CC(C(=O)N(c2ccccc2)c2ccccc2)=CC1. The molecule has 2 aromatic rings. The molecule has 0 bridgehead atoms. The highest BCUT2D eigenvalue weighted by Gasteiger charge is 2.27. The van der Waals surface area contributed by atoms with Crippen LogP contribution in [-0.4, -0.2) is 18.7 Å². The van der Waals surface area contributed by atoms with Gasteiger partial charge in [0, 0.05) is 30.5 Å². The molecule has 0 saturated carbocycles. The highest BCUT2D eigenvalue weighted by atomic mass is 16.5. The lowest BCUT2D eigenvalue weighted by Gasteiger charge is -2.28. The fourth-order valence-corrected chi connectivity index (χ4v) is 2.61. The van der Waals surface area contributed by atoms with Gasteiger partial charge in [-0.1, -0.05) is 42.5 Å². The number of anilines is 2. The van der Waals surface area contributed by atoms with Crippen molar-refractivity contribution in [2.24, 2.45) is 5.73 Å². The summed E-state index contributed by atoms with van der Waals surface area (Å²) in [6.07, 6.45) is 5.74. The van der Waals surface area contributed by atoms with Gasteiger partial charge in [0.1, 0.15) is 5.72 Å². The van der Waals surface area contributed by atoms with Crippen LogP contribution in [0.3, 0.4) is 0 Å². The standard InChI is InChI=1S/C20H20N2O2/c1-24-20(21)14-12-16(13-15-20)19(23)22(17-8-4-2-5-9-17)18-10-6-3-7-11-18/h2-14H,15,21H2,1H3. The van der Waals surface area contributed by atoms with E-state index in [1.807, 2.05) is 66.7 Å². The molecule has 1 aliphatic rings. The van der Waals surface area contributed by atoms with Crippen LogP contribution < -0.4 is 10.6 Å². The van der Waals surface area contributed by atoms with E-state index in [0.29, 0.717) is 12.0 Å². The van der Waals surface area contributed by atoms with Gasteiger partial charge in [0.05, 0.1) is 0 Å². The van der Waals surface area contributed by atoms with Crippen molar-refractivity contribution in [1.82, 2.24) is 0 Å². The van der Waals surface area contributed by atoms with Gasteiger partial charge in [-0.2, -0.15) is 0 Å². The monoisotopic (exact) mass is 320 g/mol. The van der Waals surface area contributed by atoms with Crippen LogP contribution in [0, 0.1) is 0 Å². The van der Waals surface area contributed by atoms with Crippen molar-refractivity contribution in [3.8, 4) is 0 Å². The van der Waals surface area contributed by atoms with Gasteiger partial charge >= 0.3 is 0 Å². The molecule has 0 saturated heterocycles. The van der Waals surface area contributed by atoms with Crippen LogP contribution in [0.25, 0.3) is 0 Å². The van der Waals surface area contributed by atoms with E-state index in [-0.39, 0.29) is 5.91 Å². The second kappa shape index (κ2) is 6.83. The molecule has 1 atom stereocenters. The predicted octanol–water partition coefficient (Wildman–Crippen LogP) is 3.54. The molecule has 0 aromatic heterocycles. The highest BCUT2D eigenvalue weighted by Crippen LogP contribution is 2.29. The average molecular weight is 320 g/mol. The first-order valence-corrected chi connectivity index (χ1v) is 7.81. The van der Waals surface area contributed by atoms with E-state index < -0.39 is 5.72 Å². The Balaban J connectivity index is 1.96. The molecular weight excluding hydrogens is 300 g/mol. The van der Waals surface area contributed by atoms with E-state index in [2.05, 4.69) is 0 Å². The van der Waals surface area contributed by atoms with Gasteiger partial charge in [0.15, 0.2) is 0 Å². The topological polar surface area (TPSA) is 55.6 Å². The summed E-state index contributed by atoms with van der Waals surface area (Å²) in [5, 5.41) is 0. The average Bonchev–Trinajstić information content (AvgIpc) is 2.64. The minimum absolute atomic E-state index is 0.0956. The number of hydrogen-bond acceptors (Lipinski definition) is 3. The summed E-state index contributed by atoms with van der Waals surface area (Å²) in [6, 6.07) is 19.2.